The molecule has 0 saturated heterocycles. The molecule has 0 atom stereocenters. The Balaban J connectivity index is -0.00000000340. The number of hydrogen-bond acceptors (Lipinski definition) is 21. The van der Waals surface area contributed by atoms with Crippen LogP contribution in [0.25, 0.3) is 0 Å². The van der Waals surface area contributed by atoms with Gasteiger partial charge in [0.25, 0.3) is 0 Å². The van der Waals surface area contributed by atoms with Crippen LogP contribution >= 0.6 is 0 Å². The number of rotatable bonds is 0. The van der Waals surface area contributed by atoms with E-state index in [0.29, 0.717) is 0 Å². The minimum absolute atomic E-state index is 0. The van der Waals surface area contributed by atoms with Crippen molar-refractivity contribution in [1.82, 2.24) is 0 Å². The third-order valence-electron chi connectivity index (χ3n) is 0. The van der Waals surface area contributed by atoms with Crippen LogP contribution in [0, 0.1) is 7.43 Å². The average molecular weight is 1970 g/mol. The second kappa shape index (κ2) is 9830. The van der Waals surface area contributed by atoms with E-state index in [9.17, 15) is 0 Å². The fraction of sp³-hybridized carbons (Fsp3) is 0.955. The third kappa shape index (κ3) is 9270. The zero-order valence-electron chi connectivity index (χ0n) is 33.2. The van der Waals surface area contributed by atoms with Gasteiger partial charge in [0.15, 0.2) is 0 Å². The van der Waals surface area contributed by atoms with E-state index in [0.717, 1.165) is 149 Å². The molecule has 0 bridgehead atoms. The summed E-state index contributed by atoms with van der Waals surface area (Å²) in [5, 5.41) is 173. The summed E-state index contributed by atoms with van der Waals surface area (Å²) < 4.78 is 0. The van der Waals surface area contributed by atoms with Gasteiger partial charge in [0.2, 0.25) is 0 Å². The van der Waals surface area contributed by atoms with Crippen LogP contribution in [-0.4, -0.2) is 149 Å². The Bertz CT molecular complexity index is 72.2. The Morgan fingerprint density at radius 2 is 0.100 bits per heavy atom. The fourth-order valence-corrected chi connectivity index (χ4v) is 0. The Morgan fingerprint density at radius 1 is 0.100 bits per heavy atom. The van der Waals surface area contributed by atoms with Gasteiger partial charge in [0.05, 0.1) is 0 Å². The van der Waals surface area contributed by atoms with Crippen molar-refractivity contribution in [1.29, 1.82) is 0 Å². The molecule has 0 aromatic rings. The van der Waals surface area contributed by atoms with Crippen molar-refractivity contribution < 1.29 is 250 Å². The molecule has 0 rings (SSSR count). The van der Waals surface area contributed by atoms with Crippen molar-refractivity contribution in [2.75, 3.05) is 149 Å². The van der Waals surface area contributed by atoms with Crippen LogP contribution in [0.15, 0.2) is 0 Å². The van der Waals surface area contributed by atoms with Gasteiger partial charge in [-0.3, -0.25) is 0 Å². The molecule has 0 aromatic heterocycles. The van der Waals surface area contributed by atoms with Crippen molar-refractivity contribution in [3.8, 4) is 0 Å². The molecule has 0 aromatic carbocycles. The molecule has 0 N–H and O–H groups in total. The normalized spacial score (nSPS) is 2.52. The van der Waals surface area contributed by atoms with Crippen molar-refractivity contribution in [2.45, 2.75) is 0 Å². The van der Waals surface area contributed by atoms with Gasteiger partial charge in [-0.1, -0.05) is 0 Å². The van der Waals surface area contributed by atoms with E-state index in [-0.39, 0.29) is 150 Å². The van der Waals surface area contributed by atoms with Crippen LogP contribution in [0.5, 0.6) is 0 Å². The van der Waals surface area contributed by atoms with E-state index in [1.807, 2.05) is 0 Å². The molecule has 0 spiro atoms. The van der Waals surface area contributed by atoms with Gasteiger partial charge >= 0.3 is 0 Å². The van der Waals surface area contributed by atoms with E-state index in [1.165, 1.54) is 0 Å². The van der Waals surface area contributed by atoms with E-state index in [2.05, 4.69) is 0 Å². The summed E-state index contributed by atoms with van der Waals surface area (Å²) in [5.41, 5.74) is 0. The first kappa shape index (κ1) is 244. The van der Waals surface area contributed by atoms with E-state index < -0.39 is 0 Å². The molecule has 50 heavy (non-hydrogen) atoms. The Labute approximate surface area is 403 Å². The van der Waals surface area contributed by atoms with Crippen LogP contribution in [-0.2, 0) is 143 Å². The van der Waals surface area contributed by atoms with Gasteiger partial charge in [-0.05, 0) is 0 Å². The molecular formula is C22H66O21Re7-22. The quantitative estimate of drug-likeness (QED) is 0.203. The molecule has 0 fully saturated rings. The van der Waals surface area contributed by atoms with E-state index in [1.54, 1.807) is 0 Å². The molecule has 0 aliphatic heterocycles. The van der Waals surface area contributed by atoms with Crippen molar-refractivity contribution in [3.63, 3.8) is 0 Å². The summed E-state index contributed by atoms with van der Waals surface area (Å²) in [4.78, 5) is 0. The zero-order valence-corrected chi connectivity index (χ0v) is 52.2. The van der Waals surface area contributed by atoms with Crippen LogP contribution in [0.4, 0.5) is 0 Å². The minimum Gasteiger partial charge on any atom is -0.857 e. The number of hydrogen-bond donors (Lipinski definition) is 0. The predicted octanol–water partition coefficient (Wildman–Crippen LogP) is -21.1. The van der Waals surface area contributed by atoms with Gasteiger partial charge in [0.1, 0.15) is 0 Å². The maximum atomic E-state index is 8.25. The SMILES string of the molecule is C[O-].C[O-].C[O-].C[O-].C[O-].C[O-].C[O-].C[O-].C[O-].C[O-].C[O-].C[O-].C[O-].C[O-].C[O-].C[O-].C[O-].C[O-].C[O-].C[O-].C[O-].[CH3-].[Re].[Re].[Re].[Re].[Re].[Re].[Re]. The third-order valence-corrected chi connectivity index (χ3v) is 0. The van der Waals surface area contributed by atoms with Crippen LogP contribution in [0.1, 0.15) is 0 Å². The zero-order chi connectivity index (χ0) is 42.0. The molecule has 0 aliphatic rings. The first-order chi connectivity index (χ1) is 21.0. The molecule has 7 radical (unpaired) electrons. The van der Waals surface area contributed by atoms with Crippen LogP contribution in [0.3, 0.4) is 0 Å². The van der Waals surface area contributed by atoms with Gasteiger partial charge < -0.3 is 115 Å². The van der Waals surface area contributed by atoms with Gasteiger partial charge in [-0.15, -0.1) is 0 Å². The van der Waals surface area contributed by atoms with Gasteiger partial charge in [0, 0.05) is 143 Å². The summed E-state index contributed by atoms with van der Waals surface area (Å²) >= 11 is 0. The largest absolute Gasteiger partial charge is 0.857 e. The molecule has 28 heteroatoms. The first-order valence-electron chi connectivity index (χ1n) is 8.57. The molecule has 0 saturated carbocycles. The van der Waals surface area contributed by atoms with Crippen molar-refractivity contribution >= 4 is 0 Å². The summed E-state index contributed by atoms with van der Waals surface area (Å²) in [7, 11) is 15.8. The monoisotopic (exact) mass is 1980 g/mol. The maximum absolute atomic E-state index is 8.25. The summed E-state index contributed by atoms with van der Waals surface area (Å²) in [6.45, 7) is 0. The topological polar surface area (TPSA) is 484 Å². The summed E-state index contributed by atoms with van der Waals surface area (Å²) in [6, 6.07) is 0. The standard InChI is InChI=1S/21CH3O.CH3.7Re/c21*1-2;;;;;;;;/h21*1H3;1H3;;;;;;;/q22*-1;;;;;;;. The van der Waals surface area contributed by atoms with Gasteiger partial charge in [-0.2, -0.15) is 149 Å². The smallest absolute Gasteiger partial charge is 0 e. The molecule has 0 unspecified atom stereocenters. The van der Waals surface area contributed by atoms with Crippen LogP contribution in [0.2, 0.25) is 0 Å². The second-order valence-electron chi connectivity index (χ2n) is 0. The molecule has 0 aliphatic carbocycles. The Hall–Kier alpha value is 3.80. The molecule has 0 amide bonds. The summed E-state index contributed by atoms with van der Waals surface area (Å²) in [6.07, 6.45) is 0. The molecule has 351 valence electrons. The Morgan fingerprint density at radius 3 is 0.100 bits per heavy atom. The van der Waals surface area contributed by atoms with E-state index in [4.69, 9.17) is 107 Å². The van der Waals surface area contributed by atoms with E-state index >= 15 is 0 Å². The molecular weight excluding hydrogens is 1900 g/mol. The van der Waals surface area contributed by atoms with Gasteiger partial charge in [-0.25, -0.2) is 0 Å². The fourth-order valence-electron chi connectivity index (χ4n) is 0. The Kier molecular flexibility index (Phi) is 47900. The van der Waals surface area contributed by atoms with Crippen LogP contribution < -0.4 is 107 Å². The maximum Gasteiger partial charge on any atom is 0 e. The average Bonchev–Trinajstić information content (AvgIpc) is 3.24. The molecule has 0 heterocycles. The first-order valence-corrected chi connectivity index (χ1v) is 8.57. The summed E-state index contributed by atoms with van der Waals surface area (Å²) in [5.74, 6) is 0. The van der Waals surface area contributed by atoms with Crippen molar-refractivity contribution in [3.05, 3.63) is 7.43 Å². The molecule has 21 nitrogen and oxygen atoms in total. The predicted molar refractivity (Wildman–Crippen MR) is 131 cm³/mol. The second-order valence-corrected chi connectivity index (χ2v) is 0. The van der Waals surface area contributed by atoms with Crippen molar-refractivity contribution in [2.24, 2.45) is 0 Å². The minimum atomic E-state index is 0.